The average molecular weight is 207 g/mol. The van der Waals surface area contributed by atoms with Crippen LogP contribution in [-0.4, -0.2) is 6.21 Å². The van der Waals surface area contributed by atoms with Crippen LogP contribution in [0.3, 0.4) is 0 Å². The molecule has 0 bridgehead atoms. The van der Waals surface area contributed by atoms with E-state index in [0.717, 1.165) is 12.0 Å². The van der Waals surface area contributed by atoms with Crippen molar-refractivity contribution in [3.63, 3.8) is 0 Å². The Morgan fingerprint density at radius 2 is 2.60 bits per heavy atom. The molecule has 0 aromatic rings. The number of nitrogens with one attached hydrogen (secondary N) is 1. The maximum absolute atomic E-state index is 3.46. The Labute approximate surface area is 86.5 Å². The summed E-state index contributed by atoms with van der Waals surface area (Å²) in [4.78, 5) is 2.68. The molecule has 49 valence electrons. The van der Waals surface area contributed by atoms with E-state index in [1.54, 1.807) is 6.21 Å². The summed E-state index contributed by atoms with van der Waals surface area (Å²) in [5, 5.41) is 0. The standard InChI is InChI=1S/C8H8N.Y/c1-9-7-8-5-3-2-4-6-8;/h2,6-7,9H,1,3H2;/q-1;. The first-order valence-electron chi connectivity index (χ1n) is 2.81. The quantitative estimate of drug-likeness (QED) is 0.347. The Morgan fingerprint density at radius 3 is 3.10 bits per heavy atom. The molecule has 0 aromatic carbocycles. The van der Waals surface area contributed by atoms with Crippen LogP contribution in [0.25, 0.3) is 0 Å². The van der Waals surface area contributed by atoms with Crippen molar-refractivity contribution in [3.05, 3.63) is 36.6 Å². The molecule has 0 fully saturated rings. The molecule has 1 N–H and O–H groups in total. The van der Waals surface area contributed by atoms with Gasteiger partial charge in [0.15, 0.2) is 0 Å². The van der Waals surface area contributed by atoms with Gasteiger partial charge in [-0.05, 0) is 7.05 Å². The molecule has 1 aliphatic rings. The van der Waals surface area contributed by atoms with Crippen LogP contribution in [0.15, 0.2) is 23.5 Å². The van der Waals surface area contributed by atoms with Gasteiger partial charge in [-0.3, -0.25) is 0 Å². The molecule has 0 spiro atoms. The number of rotatable bonds is 1. The van der Waals surface area contributed by atoms with E-state index in [0.29, 0.717) is 0 Å². The Balaban J connectivity index is 0.000000810. The number of hydrogen-bond acceptors (Lipinski definition) is 0. The summed E-state index contributed by atoms with van der Waals surface area (Å²) in [6, 6.07) is 0. The first-order chi connectivity index (χ1) is 4.43. The summed E-state index contributed by atoms with van der Waals surface area (Å²) in [5.41, 5.74) is 3.99. The zero-order valence-electron chi connectivity index (χ0n) is 5.72. The summed E-state index contributed by atoms with van der Waals surface area (Å²) >= 11 is 0. The van der Waals surface area contributed by atoms with Gasteiger partial charge in [-0.25, -0.2) is 0 Å². The van der Waals surface area contributed by atoms with E-state index in [1.807, 2.05) is 12.2 Å². The summed E-state index contributed by atoms with van der Waals surface area (Å²) in [6.07, 6.45) is 9.54. The second-order valence-corrected chi connectivity index (χ2v) is 1.70. The number of allylic oxidation sites excluding steroid dienone is 3. The van der Waals surface area contributed by atoms with Gasteiger partial charge in [-0.1, -0.05) is 12.5 Å². The zero-order chi connectivity index (χ0) is 6.53. The van der Waals surface area contributed by atoms with E-state index < -0.39 is 0 Å². The smallest absolute Gasteiger partial charge is 0.0511 e. The minimum absolute atomic E-state index is 0. The van der Waals surface area contributed by atoms with Crippen molar-refractivity contribution in [1.82, 2.24) is 0 Å². The summed E-state index contributed by atoms with van der Waals surface area (Å²) < 4.78 is 0. The van der Waals surface area contributed by atoms with Crippen molar-refractivity contribution in [1.29, 1.82) is 0 Å². The van der Waals surface area contributed by atoms with E-state index in [-0.39, 0.29) is 32.7 Å². The largest absolute Gasteiger partial charge is 0.356 e. The van der Waals surface area contributed by atoms with Crippen molar-refractivity contribution in [3.8, 4) is 0 Å². The van der Waals surface area contributed by atoms with Gasteiger partial charge in [0, 0.05) is 32.7 Å². The molecule has 2 heteroatoms. The molecule has 0 aromatic heterocycles. The molecule has 0 saturated carbocycles. The fourth-order valence-electron chi connectivity index (χ4n) is 0.630. The molecule has 0 heterocycles. The second kappa shape index (κ2) is 5.67. The summed E-state index contributed by atoms with van der Waals surface area (Å²) in [6.45, 7) is 0. The molecule has 0 unspecified atom stereocenters. The van der Waals surface area contributed by atoms with Crippen LogP contribution in [-0.2, 0) is 32.7 Å². The molecule has 0 aliphatic heterocycles. The van der Waals surface area contributed by atoms with Gasteiger partial charge in [-0.15, -0.1) is 11.6 Å². The Kier molecular flexibility index (Phi) is 5.62. The fraction of sp³-hybridized carbons (Fsp3) is 0.125. The first-order valence-corrected chi connectivity index (χ1v) is 2.81. The summed E-state index contributed by atoms with van der Waals surface area (Å²) in [5.74, 6) is 0. The monoisotopic (exact) mass is 207 g/mol. The molecule has 1 rings (SSSR count). The van der Waals surface area contributed by atoms with Crippen LogP contribution in [0.1, 0.15) is 6.42 Å². The van der Waals surface area contributed by atoms with Gasteiger partial charge < -0.3 is 4.99 Å². The van der Waals surface area contributed by atoms with Gasteiger partial charge in [-0.2, -0.15) is 11.8 Å². The predicted molar refractivity (Wildman–Crippen MR) is 36.4 cm³/mol. The van der Waals surface area contributed by atoms with Crippen LogP contribution < -0.4 is 4.99 Å². The maximum atomic E-state index is 3.46. The maximum Gasteiger partial charge on any atom is 0.0511 e. The molecular formula is C8H8NY-. The number of hydrogen-bond donors (Lipinski definition) is 1. The van der Waals surface area contributed by atoms with E-state index in [1.165, 1.54) is 0 Å². The van der Waals surface area contributed by atoms with E-state index in [4.69, 9.17) is 0 Å². The minimum atomic E-state index is 0. The fourth-order valence-corrected chi connectivity index (χ4v) is 0.630. The van der Waals surface area contributed by atoms with E-state index in [2.05, 4.69) is 23.8 Å². The Bertz CT molecular complexity index is 207. The third-order valence-corrected chi connectivity index (χ3v) is 1.02. The van der Waals surface area contributed by atoms with Crippen LogP contribution in [0, 0.1) is 13.1 Å². The summed E-state index contributed by atoms with van der Waals surface area (Å²) in [7, 11) is 3.46. The Hall–Kier alpha value is -0.0961. The van der Waals surface area contributed by atoms with Crippen molar-refractivity contribution in [2.24, 2.45) is 0 Å². The van der Waals surface area contributed by atoms with Crippen LogP contribution in [0.2, 0.25) is 0 Å². The van der Waals surface area contributed by atoms with Crippen molar-refractivity contribution in [2.75, 3.05) is 0 Å². The molecule has 0 saturated heterocycles. The topological polar surface area (TPSA) is 14.0 Å². The molecule has 1 radical (unpaired) electrons. The van der Waals surface area contributed by atoms with Crippen molar-refractivity contribution < 1.29 is 37.7 Å². The SMILES string of the molecule is [CH2-][NH+]=CC1=[C-]CC=C=C1.[Y]. The van der Waals surface area contributed by atoms with Gasteiger partial charge in [0.25, 0.3) is 0 Å². The molecule has 0 atom stereocenters. The minimum Gasteiger partial charge on any atom is -0.356 e. The first kappa shape index (κ1) is 9.90. The zero-order valence-corrected chi connectivity index (χ0v) is 8.56. The van der Waals surface area contributed by atoms with Gasteiger partial charge in [0.1, 0.15) is 0 Å². The van der Waals surface area contributed by atoms with Crippen LogP contribution in [0.4, 0.5) is 0 Å². The molecule has 1 aliphatic carbocycles. The van der Waals surface area contributed by atoms with Crippen LogP contribution >= 0.6 is 0 Å². The predicted octanol–water partition coefficient (Wildman–Crippen LogP) is -0.229. The van der Waals surface area contributed by atoms with Crippen molar-refractivity contribution in [2.45, 2.75) is 6.42 Å². The molecule has 0 amide bonds. The van der Waals surface area contributed by atoms with Gasteiger partial charge in [0.2, 0.25) is 0 Å². The average Bonchev–Trinajstić information content (AvgIpc) is 1.91. The van der Waals surface area contributed by atoms with E-state index in [9.17, 15) is 0 Å². The second-order valence-electron chi connectivity index (χ2n) is 1.70. The van der Waals surface area contributed by atoms with Gasteiger partial charge >= 0.3 is 0 Å². The third-order valence-electron chi connectivity index (χ3n) is 1.02. The van der Waals surface area contributed by atoms with E-state index >= 15 is 0 Å². The van der Waals surface area contributed by atoms with Gasteiger partial charge in [0.05, 0.1) is 6.21 Å². The van der Waals surface area contributed by atoms with Crippen molar-refractivity contribution >= 4 is 6.21 Å². The molecule has 1 nitrogen and oxygen atoms in total. The normalized spacial score (nSPS) is 15.0. The Morgan fingerprint density at radius 1 is 1.80 bits per heavy atom. The molecule has 10 heavy (non-hydrogen) atoms. The molecular weight excluding hydrogens is 199 g/mol. The van der Waals surface area contributed by atoms with Crippen LogP contribution in [0.5, 0.6) is 0 Å². The third kappa shape index (κ3) is 3.17.